The van der Waals surface area contributed by atoms with Gasteiger partial charge in [-0.05, 0) is 26.7 Å². The molecule has 0 aromatic heterocycles. The Morgan fingerprint density at radius 2 is 1.75 bits per heavy atom. The number of rotatable bonds is 5. The van der Waals surface area contributed by atoms with Crippen molar-refractivity contribution in [3.8, 4) is 0 Å². The SMILES string of the molecule is CC(C)C(NS(=O)(=O)NC(C)(C)C)C(=N)N. The molecule has 0 heterocycles. The van der Waals surface area contributed by atoms with Crippen LogP contribution in [0.25, 0.3) is 0 Å². The van der Waals surface area contributed by atoms with Crippen molar-refractivity contribution >= 4 is 16.0 Å². The molecule has 0 saturated heterocycles. The minimum absolute atomic E-state index is 0.0750. The van der Waals surface area contributed by atoms with Crippen molar-refractivity contribution in [2.24, 2.45) is 11.7 Å². The summed E-state index contributed by atoms with van der Waals surface area (Å²) in [4.78, 5) is 0. The lowest BCUT2D eigenvalue weighted by molar-refractivity contribution is 0.467. The van der Waals surface area contributed by atoms with Gasteiger partial charge in [-0.1, -0.05) is 13.8 Å². The molecule has 0 spiro atoms. The average Bonchev–Trinajstić information content (AvgIpc) is 1.94. The van der Waals surface area contributed by atoms with Gasteiger partial charge >= 0.3 is 0 Å². The highest BCUT2D eigenvalue weighted by atomic mass is 32.2. The molecular formula is C9H22N4O2S. The average molecular weight is 250 g/mol. The van der Waals surface area contributed by atoms with E-state index in [1.165, 1.54) is 0 Å². The van der Waals surface area contributed by atoms with Crippen molar-refractivity contribution in [2.75, 3.05) is 0 Å². The summed E-state index contributed by atoms with van der Waals surface area (Å²) < 4.78 is 28.2. The fraction of sp³-hybridized carbons (Fsp3) is 0.889. The third-order valence-corrected chi connectivity index (χ3v) is 3.17. The van der Waals surface area contributed by atoms with Crippen molar-refractivity contribution in [1.29, 1.82) is 5.41 Å². The van der Waals surface area contributed by atoms with Crippen LogP contribution in [0.2, 0.25) is 0 Å². The summed E-state index contributed by atoms with van der Waals surface area (Å²) in [7, 11) is -3.65. The van der Waals surface area contributed by atoms with E-state index in [-0.39, 0.29) is 11.8 Å². The second-order valence-corrected chi connectivity index (χ2v) is 6.60. The van der Waals surface area contributed by atoms with Crippen molar-refractivity contribution in [2.45, 2.75) is 46.2 Å². The third kappa shape index (κ3) is 6.04. The molecule has 0 aromatic rings. The minimum Gasteiger partial charge on any atom is -0.386 e. The monoisotopic (exact) mass is 250 g/mol. The standard InChI is InChI=1S/C9H22N4O2S/c1-6(2)7(8(10)11)12-16(14,15)13-9(3,4)5/h6-7,12-13H,1-5H3,(H3,10,11). The van der Waals surface area contributed by atoms with E-state index in [2.05, 4.69) is 9.44 Å². The van der Waals surface area contributed by atoms with Crippen LogP contribution in [0.15, 0.2) is 0 Å². The molecule has 0 bridgehead atoms. The summed E-state index contributed by atoms with van der Waals surface area (Å²) in [5, 5.41) is 7.32. The first kappa shape index (κ1) is 15.3. The summed E-state index contributed by atoms with van der Waals surface area (Å²) >= 11 is 0. The van der Waals surface area contributed by atoms with Crippen LogP contribution in [0, 0.1) is 11.3 Å². The molecule has 0 radical (unpaired) electrons. The molecule has 7 heteroatoms. The Hall–Kier alpha value is -0.660. The first-order valence-corrected chi connectivity index (χ1v) is 6.58. The molecule has 0 aliphatic rings. The maximum atomic E-state index is 11.7. The second-order valence-electron chi connectivity index (χ2n) is 5.15. The van der Waals surface area contributed by atoms with Gasteiger partial charge in [-0.3, -0.25) is 5.41 Å². The van der Waals surface area contributed by atoms with Gasteiger partial charge < -0.3 is 5.73 Å². The molecule has 0 amide bonds. The van der Waals surface area contributed by atoms with Gasteiger partial charge in [0.15, 0.2) is 0 Å². The molecular weight excluding hydrogens is 228 g/mol. The Bertz CT molecular complexity index is 343. The maximum Gasteiger partial charge on any atom is 0.278 e. The summed E-state index contributed by atoms with van der Waals surface area (Å²) in [5.74, 6) is -0.261. The fourth-order valence-corrected chi connectivity index (χ4v) is 2.76. The maximum absolute atomic E-state index is 11.7. The highest BCUT2D eigenvalue weighted by molar-refractivity contribution is 7.87. The summed E-state index contributed by atoms with van der Waals surface area (Å²) in [5.41, 5.74) is 4.77. The Labute approximate surface area is 97.7 Å². The normalized spacial score (nSPS) is 15.1. The molecule has 1 unspecified atom stereocenters. The van der Waals surface area contributed by atoms with Crippen LogP contribution in [-0.4, -0.2) is 25.8 Å². The molecule has 16 heavy (non-hydrogen) atoms. The van der Waals surface area contributed by atoms with Crippen LogP contribution in [0.3, 0.4) is 0 Å². The van der Waals surface area contributed by atoms with Crippen LogP contribution >= 0.6 is 0 Å². The quantitative estimate of drug-likeness (QED) is 0.412. The van der Waals surface area contributed by atoms with Crippen LogP contribution in [0.4, 0.5) is 0 Å². The van der Waals surface area contributed by atoms with Gasteiger partial charge in [0.2, 0.25) is 0 Å². The van der Waals surface area contributed by atoms with E-state index < -0.39 is 21.8 Å². The fourth-order valence-electron chi connectivity index (χ4n) is 1.16. The Balaban J connectivity index is 4.75. The Kier molecular flexibility index (Phi) is 4.90. The Morgan fingerprint density at radius 1 is 1.31 bits per heavy atom. The van der Waals surface area contributed by atoms with Gasteiger partial charge in [0.25, 0.3) is 10.2 Å². The van der Waals surface area contributed by atoms with Gasteiger partial charge in [-0.2, -0.15) is 17.9 Å². The van der Waals surface area contributed by atoms with Gasteiger partial charge in [0.1, 0.15) is 5.84 Å². The lowest BCUT2D eigenvalue weighted by Gasteiger charge is -2.25. The van der Waals surface area contributed by atoms with E-state index in [1.807, 2.05) is 0 Å². The number of nitrogens with one attached hydrogen (secondary N) is 3. The molecule has 0 rings (SSSR count). The van der Waals surface area contributed by atoms with Crippen molar-refractivity contribution < 1.29 is 8.42 Å². The Morgan fingerprint density at radius 3 is 2.00 bits per heavy atom. The molecule has 5 N–H and O–H groups in total. The van der Waals surface area contributed by atoms with Crippen molar-refractivity contribution in [3.63, 3.8) is 0 Å². The van der Waals surface area contributed by atoms with Gasteiger partial charge in [0, 0.05) is 5.54 Å². The highest BCUT2D eigenvalue weighted by Crippen LogP contribution is 2.05. The molecule has 0 saturated carbocycles. The topological polar surface area (TPSA) is 108 Å². The number of amidine groups is 1. The van der Waals surface area contributed by atoms with Crippen LogP contribution in [0.1, 0.15) is 34.6 Å². The smallest absolute Gasteiger partial charge is 0.278 e. The molecule has 0 aliphatic heterocycles. The zero-order valence-corrected chi connectivity index (χ0v) is 11.3. The lowest BCUT2D eigenvalue weighted by atomic mass is 10.1. The van der Waals surface area contributed by atoms with Crippen LogP contribution in [-0.2, 0) is 10.2 Å². The highest BCUT2D eigenvalue weighted by Gasteiger charge is 2.26. The molecule has 6 nitrogen and oxygen atoms in total. The number of hydrogen-bond donors (Lipinski definition) is 4. The van der Waals surface area contributed by atoms with Crippen LogP contribution < -0.4 is 15.2 Å². The van der Waals surface area contributed by atoms with Crippen molar-refractivity contribution in [3.05, 3.63) is 0 Å². The van der Waals surface area contributed by atoms with Crippen LogP contribution in [0.5, 0.6) is 0 Å². The van der Waals surface area contributed by atoms with E-state index >= 15 is 0 Å². The second kappa shape index (κ2) is 5.11. The van der Waals surface area contributed by atoms with Gasteiger partial charge in [-0.15, -0.1) is 0 Å². The minimum atomic E-state index is -3.65. The third-order valence-electron chi connectivity index (χ3n) is 1.72. The van der Waals surface area contributed by atoms with Crippen molar-refractivity contribution in [1.82, 2.24) is 9.44 Å². The lowest BCUT2D eigenvalue weighted by Crippen LogP contribution is -2.54. The molecule has 1 atom stereocenters. The molecule has 0 aromatic carbocycles. The van der Waals surface area contributed by atoms with E-state index in [0.717, 1.165) is 0 Å². The van der Waals surface area contributed by atoms with E-state index in [9.17, 15) is 8.42 Å². The van der Waals surface area contributed by atoms with Gasteiger partial charge in [-0.25, -0.2) is 0 Å². The zero-order valence-electron chi connectivity index (χ0n) is 10.5. The summed E-state index contributed by atoms with van der Waals surface area (Å²) in [6.45, 7) is 8.82. The largest absolute Gasteiger partial charge is 0.386 e. The molecule has 96 valence electrons. The zero-order chi connectivity index (χ0) is 13.1. The van der Waals surface area contributed by atoms with E-state index in [1.54, 1.807) is 34.6 Å². The number of nitrogens with two attached hydrogens (primary N) is 1. The first-order valence-electron chi connectivity index (χ1n) is 5.10. The molecule has 0 aliphatic carbocycles. The predicted octanol–water partition coefficient (Wildman–Crippen LogP) is 0.169. The van der Waals surface area contributed by atoms with E-state index in [0.29, 0.717) is 0 Å². The summed E-state index contributed by atoms with van der Waals surface area (Å²) in [6.07, 6.45) is 0. The van der Waals surface area contributed by atoms with Gasteiger partial charge in [0.05, 0.1) is 6.04 Å². The molecule has 0 fully saturated rings. The predicted molar refractivity (Wildman–Crippen MR) is 65.5 cm³/mol. The summed E-state index contributed by atoms with van der Waals surface area (Å²) in [6, 6.07) is -0.681. The van der Waals surface area contributed by atoms with E-state index in [4.69, 9.17) is 11.1 Å². The first-order chi connectivity index (χ1) is 6.94. The number of hydrogen-bond acceptors (Lipinski definition) is 3.